The molecule has 1 saturated heterocycles. The van der Waals surface area contributed by atoms with E-state index in [9.17, 15) is 4.79 Å². The number of pyridine rings is 1. The summed E-state index contributed by atoms with van der Waals surface area (Å²) in [7, 11) is 0. The number of anilines is 1. The van der Waals surface area contributed by atoms with Crippen LogP contribution in [0.5, 0.6) is 0 Å². The highest BCUT2D eigenvalue weighted by Gasteiger charge is 2.18. The van der Waals surface area contributed by atoms with Crippen LogP contribution in [0.4, 0.5) is 5.82 Å². The molecule has 1 aromatic rings. The van der Waals surface area contributed by atoms with Gasteiger partial charge in [0.25, 0.3) is 0 Å². The van der Waals surface area contributed by atoms with Crippen molar-refractivity contribution in [2.75, 3.05) is 11.9 Å². The molecule has 2 rings (SSSR count). The number of halogens is 1. The lowest BCUT2D eigenvalue weighted by molar-refractivity contribution is -0.119. The van der Waals surface area contributed by atoms with E-state index in [1.54, 1.807) is 18.3 Å². The van der Waals surface area contributed by atoms with Crippen molar-refractivity contribution >= 4 is 23.3 Å². The van der Waals surface area contributed by atoms with Gasteiger partial charge in [-0.1, -0.05) is 11.6 Å². The Balaban J connectivity index is 1.86. The third-order valence-corrected chi connectivity index (χ3v) is 3.01. The van der Waals surface area contributed by atoms with Gasteiger partial charge in [0, 0.05) is 12.8 Å². The molecule has 1 N–H and O–H groups in total. The Morgan fingerprint density at radius 2 is 2.47 bits per heavy atom. The molecule has 1 unspecified atom stereocenters. The first kappa shape index (κ1) is 12.3. The third-order valence-electron chi connectivity index (χ3n) is 2.70. The maximum absolute atomic E-state index is 11.7. The summed E-state index contributed by atoms with van der Waals surface area (Å²) in [5, 5.41) is 3.14. The maximum Gasteiger partial charge on any atom is 0.228 e. The van der Waals surface area contributed by atoms with Crippen molar-refractivity contribution in [1.29, 1.82) is 0 Å². The van der Waals surface area contributed by atoms with Crippen LogP contribution in [0, 0.1) is 0 Å². The first-order valence-corrected chi connectivity index (χ1v) is 6.15. The van der Waals surface area contributed by atoms with Crippen molar-refractivity contribution in [2.45, 2.75) is 31.8 Å². The summed E-state index contributed by atoms with van der Waals surface area (Å²) in [6.07, 6.45) is 5.16. The standard InChI is InChI=1S/C12H15ClN2O2/c13-10-5-3-6-14-12(10)15-11(16)8-9-4-1-2-7-17-9/h3,5-6,9H,1-2,4,7-8H2,(H,14,15,16). The van der Waals surface area contributed by atoms with E-state index in [1.807, 2.05) is 0 Å². The summed E-state index contributed by atoms with van der Waals surface area (Å²) >= 11 is 5.90. The molecule has 0 radical (unpaired) electrons. The first-order valence-electron chi connectivity index (χ1n) is 5.77. The molecule has 0 bridgehead atoms. The smallest absolute Gasteiger partial charge is 0.228 e. The Bertz CT molecular complexity index is 392. The molecular weight excluding hydrogens is 240 g/mol. The number of ether oxygens (including phenoxy) is 1. The van der Waals surface area contributed by atoms with Crippen molar-refractivity contribution in [1.82, 2.24) is 4.98 Å². The lowest BCUT2D eigenvalue weighted by Gasteiger charge is -2.21. The van der Waals surface area contributed by atoms with Gasteiger partial charge in [0.1, 0.15) is 0 Å². The second-order valence-corrected chi connectivity index (χ2v) is 4.48. The van der Waals surface area contributed by atoms with E-state index in [2.05, 4.69) is 10.3 Å². The normalized spacial score (nSPS) is 19.9. The molecule has 0 aromatic carbocycles. The molecule has 92 valence electrons. The number of hydrogen-bond donors (Lipinski definition) is 1. The van der Waals surface area contributed by atoms with Crippen LogP contribution in [0.1, 0.15) is 25.7 Å². The van der Waals surface area contributed by atoms with Gasteiger partial charge in [-0.15, -0.1) is 0 Å². The highest BCUT2D eigenvalue weighted by molar-refractivity contribution is 6.33. The van der Waals surface area contributed by atoms with Crippen LogP contribution in [0.15, 0.2) is 18.3 Å². The van der Waals surface area contributed by atoms with Gasteiger partial charge in [0.05, 0.1) is 17.5 Å². The molecule has 5 heteroatoms. The van der Waals surface area contributed by atoms with Crippen molar-refractivity contribution in [3.05, 3.63) is 23.4 Å². The molecule has 2 heterocycles. The Labute approximate surface area is 105 Å². The number of carbonyl (C=O) groups is 1. The summed E-state index contributed by atoms with van der Waals surface area (Å²) in [5.41, 5.74) is 0. The molecule has 1 aliphatic heterocycles. The predicted molar refractivity (Wildman–Crippen MR) is 66.1 cm³/mol. The van der Waals surface area contributed by atoms with E-state index in [0.29, 0.717) is 17.3 Å². The minimum Gasteiger partial charge on any atom is -0.378 e. The fourth-order valence-corrected chi connectivity index (χ4v) is 2.00. The highest BCUT2D eigenvalue weighted by Crippen LogP contribution is 2.19. The van der Waals surface area contributed by atoms with Gasteiger partial charge in [-0.25, -0.2) is 4.98 Å². The third kappa shape index (κ3) is 3.68. The molecule has 0 aliphatic carbocycles. The Hall–Kier alpha value is -1.13. The van der Waals surface area contributed by atoms with E-state index in [4.69, 9.17) is 16.3 Å². The van der Waals surface area contributed by atoms with Gasteiger partial charge >= 0.3 is 0 Å². The molecule has 1 aliphatic rings. The van der Waals surface area contributed by atoms with Crippen LogP contribution < -0.4 is 5.32 Å². The van der Waals surface area contributed by atoms with Crippen LogP contribution in [-0.2, 0) is 9.53 Å². The highest BCUT2D eigenvalue weighted by atomic mass is 35.5. The number of carbonyl (C=O) groups excluding carboxylic acids is 1. The lowest BCUT2D eigenvalue weighted by Crippen LogP contribution is -2.25. The van der Waals surface area contributed by atoms with E-state index in [1.165, 1.54) is 0 Å². The van der Waals surface area contributed by atoms with Crippen LogP contribution >= 0.6 is 11.6 Å². The summed E-state index contributed by atoms with van der Waals surface area (Å²) in [5.74, 6) is 0.312. The number of amides is 1. The average molecular weight is 255 g/mol. The van der Waals surface area contributed by atoms with Crippen LogP contribution in [0.2, 0.25) is 5.02 Å². The van der Waals surface area contributed by atoms with Gasteiger partial charge < -0.3 is 10.1 Å². The summed E-state index contributed by atoms with van der Waals surface area (Å²) in [6.45, 7) is 0.752. The van der Waals surface area contributed by atoms with E-state index >= 15 is 0 Å². The molecule has 1 fully saturated rings. The predicted octanol–water partition coefficient (Wildman–Crippen LogP) is 2.63. The molecule has 0 saturated carbocycles. The molecule has 1 amide bonds. The van der Waals surface area contributed by atoms with Gasteiger partial charge in [0.15, 0.2) is 5.82 Å². The lowest BCUT2D eigenvalue weighted by atomic mass is 10.1. The Kier molecular flexibility index (Phi) is 4.34. The monoisotopic (exact) mass is 254 g/mol. The largest absolute Gasteiger partial charge is 0.378 e. The maximum atomic E-state index is 11.7. The second kappa shape index (κ2) is 5.98. The van der Waals surface area contributed by atoms with Crippen LogP contribution in [-0.4, -0.2) is 23.6 Å². The molecule has 4 nitrogen and oxygen atoms in total. The zero-order valence-corrected chi connectivity index (χ0v) is 10.2. The van der Waals surface area contributed by atoms with E-state index in [-0.39, 0.29) is 12.0 Å². The molecule has 1 atom stereocenters. The Morgan fingerprint density at radius 3 is 3.18 bits per heavy atom. The van der Waals surface area contributed by atoms with Crippen molar-refractivity contribution in [3.63, 3.8) is 0 Å². The molecule has 1 aromatic heterocycles. The van der Waals surface area contributed by atoms with Gasteiger partial charge in [-0.3, -0.25) is 4.79 Å². The minimum atomic E-state index is -0.0995. The number of aromatic nitrogens is 1. The summed E-state index contributed by atoms with van der Waals surface area (Å²) in [4.78, 5) is 15.7. The summed E-state index contributed by atoms with van der Waals surface area (Å²) in [6, 6.07) is 3.42. The van der Waals surface area contributed by atoms with Gasteiger partial charge in [-0.2, -0.15) is 0 Å². The van der Waals surface area contributed by atoms with Gasteiger partial charge in [0.2, 0.25) is 5.91 Å². The van der Waals surface area contributed by atoms with Crippen LogP contribution in [0.25, 0.3) is 0 Å². The number of rotatable bonds is 3. The minimum absolute atomic E-state index is 0.0336. The fraction of sp³-hybridized carbons (Fsp3) is 0.500. The second-order valence-electron chi connectivity index (χ2n) is 4.07. The van der Waals surface area contributed by atoms with E-state index in [0.717, 1.165) is 25.9 Å². The summed E-state index contributed by atoms with van der Waals surface area (Å²) < 4.78 is 5.50. The van der Waals surface area contributed by atoms with Crippen LogP contribution in [0.3, 0.4) is 0 Å². The quantitative estimate of drug-likeness (QED) is 0.902. The van der Waals surface area contributed by atoms with Crippen molar-refractivity contribution in [2.24, 2.45) is 0 Å². The molecular formula is C12H15ClN2O2. The number of nitrogens with zero attached hydrogens (tertiary/aromatic N) is 1. The van der Waals surface area contributed by atoms with E-state index < -0.39 is 0 Å². The van der Waals surface area contributed by atoms with Crippen molar-refractivity contribution < 1.29 is 9.53 Å². The first-order chi connectivity index (χ1) is 8.25. The number of hydrogen-bond acceptors (Lipinski definition) is 3. The zero-order chi connectivity index (χ0) is 12.1. The Morgan fingerprint density at radius 1 is 1.59 bits per heavy atom. The number of nitrogens with one attached hydrogen (secondary N) is 1. The van der Waals surface area contributed by atoms with Gasteiger partial charge in [-0.05, 0) is 31.4 Å². The fourth-order valence-electron chi connectivity index (χ4n) is 1.84. The SMILES string of the molecule is O=C(CC1CCCCO1)Nc1ncccc1Cl. The zero-order valence-electron chi connectivity index (χ0n) is 9.49. The molecule has 17 heavy (non-hydrogen) atoms. The molecule has 0 spiro atoms. The van der Waals surface area contributed by atoms with Crippen molar-refractivity contribution in [3.8, 4) is 0 Å². The topological polar surface area (TPSA) is 51.2 Å². The average Bonchev–Trinajstić information content (AvgIpc) is 2.33.